The molecule has 10 heavy (non-hydrogen) atoms. The highest BCUT2D eigenvalue weighted by molar-refractivity contribution is 4.85. The average Bonchev–Trinajstić information content (AvgIpc) is 2.34. The van der Waals surface area contributed by atoms with Crippen molar-refractivity contribution in [1.82, 2.24) is 5.32 Å². The van der Waals surface area contributed by atoms with E-state index in [1.54, 1.807) is 0 Å². The Hall–Kier alpha value is -0.160. The first kappa shape index (κ1) is 6.54. The van der Waals surface area contributed by atoms with Crippen LogP contribution in [0.4, 0.5) is 0 Å². The number of aliphatic hydroxyl groups excluding tert-OH is 1. The van der Waals surface area contributed by atoms with Gasteiger partial charge in [-0.15, -0.1) is 0 Å². The van der Waals surface area contributed by atoms with Gasteiger partial charge in [0.1, 0.15) is 6.10 Å². The first-order chi connectivity index (χ1) is 4.90. The average molecular weight is 145 g/mol. The number of fused-ring (bicyclic) bond motifs is 2. The lowest BCUT2D eigenvalue weighted by Gasteiger charge is -2.26. The van der Waals surface area contributed by atoms with Gasteiger partial charge in [0.2, 0.25) is 0 Å². The van der Waals surface area contributed by atoms with Gasteiger partial charge in [0.25, 0.3) is 0 Å². The topological polar surface area (TPSA) is 50.7 Å². The summed E-state index contributed by atoms with van der Waals surface area (Å²) in [6.45, 7) is 1.44. The molecular formula is C6H11NO3. The number of hydrogen-bond acceptors (Lipinski definition) is 4. The predicted octanol–water partition coefficient (Wildman–Crippen LogP) is -1.31. The Morgan fingerprint density at radius 3 is 3.30 bits per heavy atom. The molecule has 2 N–H and O–H groups in total. The summed E-state index contributed by atoms with van der Waals surface area (Å²) < 4.78 is 10.6. The molecule has 0 amide bonds. The van der Waals surface area contributed by atoms with Crippen molar-refractivity contribution in [3.8, 4) is 0 Å². The second-order valence-corrected chi connectivity index (χ2v) is 2.63. The first-order valence-corrected chi connectivity index (χ1v) is 3.51. The van der Waals surface area contributed by atoms with Crippen LogP contribution in [-0.2, 0) is 9.47 Å². The Kier molecular flexibility index (Phi) is 1.61. The molecule has 3 atom stereocenters. The highest BCUT2D eigenvalue weighted by atomic mass is 16.7. The summed E-state index contributed by atoms with van der Waals surface area (Å²) in [5.74, 6) is 0. The largest absolute Gasteiger partial charge is 0.395 e. The summed E-state index contributed by atoms with van der Waals surface area (Å²) in [4.78, 5) is 0. The molecule has 4 nitrogen and oxygen atoms in total. The second-order valence-electron chi connectivity index (χ2n) is 2.63. The van der Waals surface area contributed by atoms with Gasteiger partial charge in [-0.3, -0.25) is 0 Å². The second kappa shape index (κ2) is 2.47. The molecule has 2 fully saturated rings. The Balaban J connectivity index is 2.00. The minimum Gasteiger partial charge on any atom is -0.395 e. The molecule has 0 saturated carbocycles. The van der Waals surface area contributed by atoms with E-state index in [0.717, 1.165) is 0 Å². The van der Waals surface area contributed by atoms with Gasteiger partial charge in [-0.25, -0.2) is 0 Å². The zero-order chi connectivity index (χ0) is 6.97. The number of aliphatic hydroxyl groups is 1. The summed E-state index contributed by atoms with van der Waals surface area (Å²) in [6.07, 6.45) is -0.0171. The summed E-state index contributed by atoms with van der Waals surface area (Å²) in [5.41, 5.74) is 0. The third-order valence-electron chi connectivity index (χ3n) is 1.97. The van der Waals surface area contributed by atoms with Crippen LogP contribution in [0.25, 0.3) is 0 Å². The van der Waals surface area contributed by atoms with Crippen LogP contribution in [-0.4, -0.2) is 43.3 Å². The maximum absolute atomic E-state index is 8.81. The minimum absolute atomic E-state index is 0.0590. The van der Waals surface area contributed by atoms with Gasteiger partial charge >= 0.3 is 0 Å². The maximum Gasteiger partial charge on any atom is 0.170 e. The van der Waals surface area contributed by atoms with Crippen LogP contribution in [0.3, 0.4) is 0 Å². The molecule has 0 spiro atoms. The van der Waals surface area contributed by atoms with Gasteiger partial charge in [-0.2, -0.15) is 0 Å². The van der Waals surface area contributed by atoms with E-state index in [9.17, 15) is 0 Å². The van der Waals surface area contributed by atoms with Crippen LogP contribution in [0, 0.1) is 0 Å². The summed E-state index contributed by atoms with van der Waals surface area (Å²) in [5, 5.41) is 11.9. The van der Waals surface area contributed by atoms with E-state index in [4.69, 9.17) is 14.6 Å². The highest BCUT2D eigenvalue weighted by Crippen LogP contribution is 2.18. The lowest BCUT2D eigenvalue weighted by atomic mass is 10.2. The molecule has 0 aromatic heterocycles. The number of morpholine rings is 1. The Morgan fingerprint density at radius 2 is 2.50 bits per heavy atom. The molecule has 2 rings (SSSR count). The number of hydrogen-bond donors (Lipinski definition) is 2. The Bertz CT molecular complexity index is 130. The Labute approximate surface area is 59.1 Å². The molecule has 2 aliphatic heterocycles. The standard InChI is InChI=1S/C6H11NO3/c8-2-4-5-3-9-6(10-5)1-7-4/h4-8H,1-3H2. The monoisotopic (exact) mass is 145 g/mol. The molecule has 2 saturated heterocycles. The van der Waals surface area contributed by atoms with Gasteiger partial charge in [-0.05, 0) is 0 Å². The van der Waals surface area contributed by atoms with Crippen molar-refractivity contribution in [1.29, 1.82) is 0 Å². The molecule has 2 bridgehead atoms. The van der Waals surface area contributed by atoms with Gasteiger partial charge in [0.05, 0.1) is 19.3 Å². The van der Waals surface area contributed by atoms with Crippen LogP contribution in [0.1, 0.15) is 0 Å². The van der Waals surface area contributed by atoms with Crippen molar-refractivity contribution in [2.75, 3.05) is 19.8 Å². The van der Waals surface area contributed by atoms with Gasteiger partial charge in [0.15, 0.2) is 6.29 Å². The van der Waals surface area contributed by atoms with E-state index in [1.807, 2.05) is 0 Å². The number of rotatable bonds is 1. The molecular weight excluding hydrogens is 134 g/mol. The zero-order valence-electron chi connectivity index (χ0n) is 5.62. The van der Waals surface area contributed by atoms with Crippen molar-refractivity contribution in [3.63, 3.8) is 0 Å². The van der Waals surface area contributed by atoms with Crippen molar-refractivity contribution in [2.24, 2.45) is 0 Å². The molecule has 0 radical (unpaired) electrons. The van der Waals surface area contributed by atoms with Crippen LogP contribution >= 0.6 is 0 Å². The lowest BCUT2D eigenvalue weighted by molar-refractivity contribution is -0.0884. The van der Waals surface area contributed by atoms with Gasteiger partial charge in [-0.1, -0.05) is 0 Å². The van der Waals surface area contributed by atoms with Crippen molar-refractivity contribution >= 4 is 0 Å². The lowest BCUT2D eigenvalue weighted by Crippen LogP contribution is -2.50. The number of ether oxygens (including phenoxy) is 2. The fourth-order valence-corrected chi connectivity index (χ4v) is 1.35. The van der Waals surface area contributed by atoms with E-state index in [2.05, 4.69) is 5.32 Å². The molecule has 0 aromatic rings. The molecule has 0 aromatic carbocycles. The normalized spacial score (nSPS) is 45.9. The quantitative estimate of drug-likeness (QED) is 0.481. The molecule has 0 aliphatic carbocycles. The smallest absolute Gasteiger partial charge is 0.170 e. The van der Waals surface area contributed by atoms with E-state index in [1.165, 1.54) is 0 Å². The van der Waals surface area contributed by atoms with Crippen LogP contribution in [0.5, 0.6) is 0 Å². The summed E-state index contributed by atoms with van der Waals surface area (Å²) in [7, 11) is 0. The molecule has 58 valence electrons. The molecule has 2 aliphatic rings. The van der Waals surface area contributed by atoms with Crippen LogP contribution < -0.4 is 5.32 Å². The van der Waals surface area contributed by atoms with Gasteiger partial charge in [0, 0.05) is 6.54 Å². The number of nitrogens with one attached hydrogen (secondary N) is 1. The van der Waals surface area contributed by atoms with Crippen molar-refractivity contribution in [2.45, 2.75) is 18.4 Å². The SMILES string of the molecule is OCC1NCC2OCC1O2. The Morgan fingerprint density at radius 1 is 1.60 bits per heavy atom. The minimum atomic E-state index is -0.0761. The van der Waals surface area contributed by atoms with Crippen molar-refractivity contribution < 1.29 is 14.6 Å². The maximum atomic E-state index is 8.81. The molecule has 4 heteroatoms. The summed E-state index contributed by atoms with van der Waals surface area (Å²) >= 11 is 0. The van der Waals surface area contributed by atoms with Crippen LogP contribution in [0.15, 0.2) is 0 Å². The molecule has 3 unspecified atom stereocenters. The van der Waals surface area contributed by atoms with Crippen molar-refractivity contribution in [3.05, 3.63) is 0 Å². The molecule has 2 heterocycles. The first-order valence-electron chi connectivity index (χ1n) is 3.51. The van der Waals surface area contributed by atoms with Gasteiger partial charge < -0.3 is 19.9 Å². The zero-order valence-corrected chi connectivity index (χ0v) is 5.62. The van der Waals surface area contributed by atoms with E-state index < -0.39 is 0 Å². The van der Waals surface area contributed by atoms with E-state index in [-0.39, 0.29) is 25.0 Å². The highest BCUT2D eigenvalue weighted by Gasteiger charge is 2.36. The van der Waals surface area contributed by atoms with E-state index >= 15 is 0 Å². The fraction of sp³-hybridized carbons (Fsp3) is 1.00. The fourth-order valence-electron chi connectivity index (χ4n) is 1.35. The summed E-state index contributed by atoms with van der Waals surface area (Å²) in [6, 6.07) is 0.0683. The van der Waals surface area contributed by atoms with Crippen LogP contribution in [0.2, 0.25) is 0 Å². The predicted molar refractivity (Wildman–Crippen MR) is 33.5 cm³/mol. The third-order valence-corrected chi connectivity index (χ3v) is 1.97. The van der Waals surface area contributed by atoms with E-state index in [0.29, 0.717) is 13.2 Å². The third kappa shape index (κ3) is 0.932.